The van der Waals surface area contributed by atoms with E-state index >= 15 is 0 Å². The van der Waals surface area contributed by atoms with E-state index in [0.29, 0.717) is 5.82 Å². The van der Waals surface area contributed by atoms with Crippen LogP contribution in [0.4, 0.5) is 0 Å². The molecule has 0 aliphatic rings. The van der Waals surface area contributed by atoms with Crippen LogP contribution in [0.5, 0.6) is 0 Å². The summed E-state index contributed by atoms with van der Waals surface area (Å²) in [4.78, 5) is 10.6. The Balaban J connectivity index is 1.18. The minimum absolute atomic E-state index is 0.696. The first-order valence-electron chi connectivity index (χ1n) is 17.9. The molecule has 10 aromatic rings. The highest BCUT2D eigenvalue weighted by atomic mass is 32.1. The Morgan fingerprint density at radius 3 is 1.75 bits per heavy atom. The minimum atomic E-state index is 0.696. The molecule has 3 heteroatoms. The molecule has 0 atom stereocenters. The van der Waals surface area contributed by atoms with E-state index in [1.54, 1.807) is 0 Å². The molecule has 248 valence electrons. The zero-order chi connectivity index (χ0) is 35.1. The summed E-state index contributed by atoms with van der Waals surface area (Å²) in [6.45, 7) is 0. The summed E-state index contributed by atoms with van der Waals surface area (Å²) in [5.74, 6) is 0.696. The van der Waals surface area contributed by atoms with Crippen LogP contribution < -0.4 is 0 Å². The van der Waals surface area contributed by atoms with Crippen LogP contribution in [0.1, 0.15) is 0 Å². The van der Waals surface area contributed by atoms with E-state index in [9.17, 15) is 0 Å². The molecule has 53 heavy (non-hydrogen) atoms. The van der Waals surface area contributed by atoms with Crippen LogP contribution >= 0.6 is 11.3 Å². The average molecular weight is 693 g/mol. The fourth-order valence-corrected chi connectivity index (χ4v) is 8.56. The highest BCUT2D eigenvalue weighted by Gasteiger charge is 2.16. The van der Waals surface area contributed by atoms with Gasteiger partial charge in [0.1, 0.15) is 0 Å². The first-order valence-corrected chi connectivity index (χ1v) is 18.7. The smallest absolute Gasteiger partial charge is 0.160 e. The number of hydrogen-bond acceptors (Lipinski definition) is 3. The van der Waals surface area contributed by atoms with Gasteiger partial charge in [0.25, 0.3) is 0 Å². The highest BCUT2D eigenvalue weighted by molar-refractivity contribution is 7.25. The maximum Gasteiger partial charge on any atom is 0.160 e. The van der Waals surface area contributed by atoms with E-state index in [0.717, 1.165) is 44.8 Å². The number of benzene rings is 8. The van der Waals surface area contributed by atoms with Gasteiger partial charge in [-0.05, 0) is 92.7 Å². The first kappa shape index (κ1) is 31.1. The number of thiophene rings is 1. The van der Waals surface area contributed by atoms with E-state index in [1.165, 1.54) is 47.6 Å². The van der Waals surface area contributed by atoms with Crippen molar-refractivity contribution < 1.29 is 0 Å². The molecule has 0 bridgehead atoms. The fraction of sp³-hybridized carbons (Fsp3) is 0. The van der Waals surface area contributed by atoms with Crippen molar-refractivity contribution >= 4 is 42.3 Å². The van der Waals surface area contributed by atoms with Crippen LogP contribution in [0.2, 0.25) is 0 Å². The van der Waals surface area contributed by atoms with Crippen molar-refractivity contribution in [1.29, 1.82) is 0 Å². The lowest BCUT2D eigenvalue weighted by Gasteiger charge is -2.14. The van der Waals surface area contributed by atoms with Crippen molar-refractivity contribution in [3.05, 3.63) is 194 Å². The molecule has 0 unspecified atom stereocenters. The molecule has 8 aromatic carbocycles. The van der Waals surface area contributed by atoms with Gasteiger partial charge in [0, 0.05) is 36.9 Å². The second-order valence-corrected chi connectivity index (χ2v) is 14.5. The molecule has 0 radical (unpaired) electrons. The average Bonchev–Trinajstić information content (AvgIpc) is 3.63. The van der Waals surface area contributed by atoms with Gasteiger partial charge >= 0.3 is 0 Å². The zero-order valence-electron chi connectivity index (χ0n) is 28.8. The maximum atomic E-state index is 5.35. The maximum absolute atomic E-state index is 5.35. The van der Waals surface area contributed by atoms with Gasteiger partial charge in [0.2, 0.25) is 0 Å². The summed E-state index contributed by atoms with van der Waals surface area (Å²) in [7, 11) is 0. The molecular formula is C50H32N2S. The normalized spacial score (nSPS) is 11.4. The Labute approximate surface area is 312 Å². The molecule has 0 aliphatic carbocycles. The number of fused-ring (bicyclic) bond motifs is 4. The van der Waals surface area contributed by atoms with E-state index in [2.05, 4.69) is 188 Å². The summed E-state index contributed by atoms with van der Waals surface area (Å²) in [5, 5.41) is 5.04. The van der Waals surface area contributed by atoms with Crippen LogP contribution in [0.3, 0.4) is 0 Å². The van der Waals surface area contributed by atoms with Crippen LogP contribution in [0.15, 0.2) is 194 Å². The van der Waals surface area contributed by atoms with Crippen molar-refractivity contribution in [2.75, 3.05) is 0 Å². The van der Waals surface area contributed by atoms with Crippen molar-refractivity contribution in [3.63, 3.8) is 0 Å². The Hall–Kier alpha value is -6.68. The number of hydrogen-bond donors (Lipinski definition) is 0. The predicted octanol–water partition coefficient (Wildman–Crippen LogP) is 14.0. The molecule has 0 aliphatic heterocycles. The zero-order valence-corrected chi connectivity index (χ0v) is 29.6. The van der Waals surface area contributed by atoms with Crippen LogP contribution in [-0.2, 0) is 0 Å². The first-order chi connectivity index (χ1) is 26.2. The van der Waals surface area contributed by atoms with E-state index in [4.69, 9.17) is 9.97 Å². The minimum Gasteiger partial charge on any atom is -0.228 e. The highest BCUT2D eigenvalue weighted by Crippen LogP contribution is 2.42. The van der Waals surface area contributed by atoms with Crippen molar-refractivity contribution in [2.45, 2.75) is 0 Å². The van der Waals surface area contributed by atoms with Gasteiger partial charge in [-0.1, -0.05) is 146 Å². The third-order valence-corrected chi connectivity index (χ3v) is 11.2. The van der Waals surface area contributed by atoms with E-state index < -0.39 is 0 Å². The summed E-state index contributed by atoms with van der Waals surface area (Å²) in [6.07, 6.45) is 0. The van der Waals surface area contributed by atoms with Gasteiger partial charge in [0.05, 0.1) is 11.4 Å². The summed E-state index contributed by atoms with van der Waals surface area (Å²) in [5.41, 5.74) is 11.8. The largest absolute Gasteiger partial charge is 0.228 e. The monoisotopic (exact) mass is 692 g/mol. The lowest BCUT2D eigenvalue weighted by atomic mass is 9.92. The standard InChI is InChI=1S/C50H32N2S/c1-3-13-33(14-4-1)40-29-41(43-22-12-24-48-49(43)44-21-9-10-23-47(44)53-48)31-42(30-40)46-32-45(35-16-5-2-6-17-35)51-50(52-46)39-20-11-19-37(28-39)38-26-25-34-15-7-8-18-36(34)27-38/h1-32H. The predicted molar refractivity (Wildman–Crippen MR) is 225 cm³/mol. The molecule has 0 N–H and O–H groups in total. The fourth-order valence-electron chi connectivity index (χ4n) is 7.43. The Morgan fingerprint density at radius 1 is 0.321 bits per heavy atom. The Bertz CT molecular complexity index is 2950. The van der Waals surface area contributed by atoms with Crippen molar-refractivity contribution in [2.24, 2.45) is 0 Å². The lowest BCUT2D eigenvalue weighted by molar-refractivity contribution is 1.18. The number of rotatable bonds is 6. The van der Waals surface area contributed by atoms with Crippen molar-refractivity contribution in [3.8, 4) is 67.3 Å². The molecule has 0 saturated heterocycles. The number of nitrogens with zero attached hydrogens (tertiary/aromatic N) is 2. The van der Waals surface area contributed by atoms with Gasteiger partial charge in [-0.15, -0.1) is 11.3 Å². The Morgan fingerprint density at radius 2 is 0.906 bits per heavy atom. The van der Waals surface area contributed by atoms with Gasteiger partial charge < -0.3 is 0 Å². The molecule has 2 nitrogen and oxygen atoms in total. The quantitative estimate of drug-likeness (QED) is 0.173. The Kier molecular flexibility index (Phi) is 7.71. The summed E-state index contributed by atoms with van der Waals surface area (Å²) in [6, 6.07) is 69.3. The SMILES string of the molecule is c1ccc(-c2cc(-c3cc(-c4ccccc4)nc(-c4cccc(-c5ccc6ccccc6c5)c4)n3)cc(-c3cccc4sc5ccccc5c34)c2)cc1. The second-order valence-electron chi connectivity index (χ2n) is 13.4. The molecular weight excluding hydrogens is 661 g/mol. The number of aromatic nitrogens is 2. The van der Waals surface area contributed by atoms with Crippen LogP contribution in [0.25, 0.3) is 98.2 Å². The van der Waals surface area contributed by atoms with E-state index in [-0.39, 0.29) is 0 Å². The third-order valence-electron chi connectivity index (χ3n) is 10.0. The summed E-state index contributed by atoms with van der Waals surface area (Å²) < 4.78 is 2.59. The van der Waals surface area contributed by atoms with Gasteiger partial charge in [-0.2, -0.15) is 0 Å². The van der Waals surface area contributed by atoms with Crippen molar-refractivity contribution in [1.82, 2.24) is 9.97 Å². The van der Waals surface area contributed by atoms with E-state index in [1.807, 2.05) is 17.4 Å². The lowest BCUT2D eigenvalue weighted by Crippen LogP contribution is -1.97. The van der Waals surface area contributed by atoms with Crippen LogP contribution in [0, 0.1) is 0 Å². The molecule has 2 aromatic heterocycles. The molecule has 2 heterocycles. The van der Waals surface area contributed by atoms with Gasteiger partial charge in [-0.25, -0.2) is 9.97 Å². The molecule has 0 amide bonds. The molecule has 0 fully saturated rings. The molecule has 0 saturated carbocycles. The second kappa shape index (κ2) is 13.1. The van der Waals surface area contributed by atoms with Crippen LogP contribution in [-0.4, -0.2) is 9.97 Å². The van der Waals surface area contributed by atoms with Gasteiger partial charge in [0.15, 0.2) is 5.82 Å². The molecule has 0 spiro atoms. The molecule has 10 rings (SSSR count). The third kappa shape index (κ3) is 5.87. The topological polar surface area (TPSA) is 25.8 Å². The van der Waals surface area contributed by atoms with Gasteiger partial charge in [-0.3, -0.25) is 0 Å². The summed E-state index contributed by atoms with van der Waals surface area (Å²) >= 11 is 1.85.